The number of benzene rings is 1. The van der Waals surface area contributed by atoms with E-state index >= 15 is 0 Å². The lowest BCUT2D eigenvalue weighted by molar-refractivity contribution is 0.102. The quantitative estimate of drug-likeness (QED) is 0.643. The number of furan rings is 1. The molecule has 1 N–H and O–H groups in total. The molecule has 86 valence electrons. The van der Waals surface area contributed by atoms with E-state index in [4.69, 9.17) is 4.42 Å². The number of ketones is 1. The number of carbonyl (C=O) groups is 1. The first-order chi connectivity index (χ1) is 8.27. The van der Waals surface area contributed by atoms with E-state index in [2.05, 4.69) is 5.32 Å². The number of hydrogen-bond acceptors (Lipinski definition) is 3. The Bertz CT molecular complexity index is 527. The van der Waals surface area contributed by atoms with Gasteiger partial charge in [0, 0.05) is 18.0 Å². The largest absolute Gasteiger partial charge is 0.461 e. The molecular formula is C14H13NO2. The van der Waals surface area contributed by atoms with Crippen LogP contribution in [0.4, 0.5) is 5.69 Å². The number of aryl methyl sites for hydroxylation is 1. The number of para-hydroxylation sites is 1. The molecule has 0 atom stereocenters. The van der Waals surface area contributed by atoms with Crippen LogP contribution in [0, 0.1) is 6.92 Å². The van der Waals surface area contributed by atoms with Gasteiger partial charge in [-0.25, -0.2) is 0 Å². The highest BCUT2D eigenvalue weighted by molar-refractivity contribution is 6.02. The van der Waals surface area contributed by atoms with Crippen LogP contribution in [0.5, 0.6) is 0 Å². The highest BCUT2D eigenvalue weighted by atomic mass is 16.3. The van der Waals surface area contributed by atoms with Gasteiger partial charge >= 0.3 is 0 Å². The number of rotatable bonds is 4. The molecule has 2 aromatic rings. The number of hydrogen-bond donors (Lipinski definition) is 1. The van der Waals surface area contributed by atoms with Crippen LogP contribution >= 0.6 is 0 Å². The molecular weight excluding hydrogens is 214 g/mol. The summed E-state index contributed by atoms with van der Waals surface area (Å²) in [5.41, 5.74) is 2.11. The zero-order chi connectivity index (χ0) is 12.1. The van der Waals surface area contributed by atoms with E-state index in [0.29, 0.717) is 5.76 Å². The lowest BCUT2D eigenvalue weighted by atomic mass is 10.2. The average molecular weight is 227 g/mol. The van der Waals surface area contributed by atoms with Crippen LogP contribution in [0.25, 0.3) is 0 Å². The van der Waals surface area contributed by atoms with E-state index in [-0.39, 0.29) is 5.78 Å². The smallest absolute Gasteiger partial charge is 0.222 e. The molecule has 0 aliphatic rings. The van der Waals surface area contributed by atoms with Gasteiger partial charge in [-0.05, 0) is 30.7 Å². The monoisotopic (exact) mass is 227 g/mol. The summed E-state index contributed by atoms with van der Waals surface area (Å²) in [6.45, 7) is 2.00. The average Bonchev–Trinajstić information content (AvgIpc) is 2.85. The molecule has 0 radical (unpaired) electrons. The number of carbonyl (C=O) groups excluding carboxylic acids is 1. The number of nitrogens with one attached hydrogen (secondary N) is 1. The third-order valence-corrected chi connectivity index (χ3v) is 2.38. The molecule has 0 saturated carbocycles. The van der Waals surface area contributed by atoms with Crippen molar-refractivity contribution in [1.82, 2.24) is 0 Å². The minimum atomic E-state index is -0.156. The molecule has 0 aliphatic heterocycles. The fourth-order valence-electron chi connectivity index (χ4n) is 1.44. The maximum atomic E-state index is 11.6. The highest BCUT2D eigenvalue weighted by Gasteiger charge is 2.03. The van der Waals surface area contributed by atoms with E-state index in [1.54, 1.807) is 18.3 Å². The fraction of sp³-hybridized carbons (Fsp3) is 0.0714. The Balaban J connectivity index is 1.99. The Kier molecular flexibility index (Phi) is 3.40. The highest BCUT2D eigenvalue weighted by Crippen LogP contribution is 2.12. The van der Waals surface area contributed by atoms with Crippen LogP contribution in [-0.2, 0) is 0 Å². The molecule has 0 fully saturated rings. The summed E-state index contributed by atoms with van der Waals surface area (Å²) < 4.78 is 4.99. The van der Waals surface area contributed by atoms with Gasteiger partial charge < -0.3 is 9.73 Å². The SMILES string of the molecule is Cc1ccccc1N/C=C/C(=O)c1ccco1. The first-order valence-corrected chi connectivity index (χ1v) is 5.34. The molecule has 3 nitrogen and oxygen atoms in total. The summed E-state index contributed by atoms with van der Waals surface area (Å²) >= 11 is 0. The van der Waals surface area contributed by atoms with Crippen molar-refractivity contribution in [1.29, 1.82) is 0 Å². The van der Waals surface area contributed by atoms with Gasteiger partial charge in [0.15, 0.2) is 5.76 Å². The summed E-state index contributed by atoms with van der Waals surface area (Å²) in [6.07, 6.45) is 4.55. The molecule has 0 unspecified atom stereocenters. The molecule has 0 saturated heterocycles. The molecule has 3 heteroatoms. The summed E-state index contributed by atoms with van der Waals surface area (Å²) in [7, 11) is 0. The van der Waals surface area contributed by atoms with Crippen molar-refractivity contribution in [3.63, 3.8) is 0 Å². The van der Waals surface area contributed by atoms with E-state index in [9.17, 15) is 4.79 Å². The van der Waals surface area contributed by atoms with Gasteiger partial charge in [-0.2, -0.15) is 0 Å². The van der Waals surface area contributed by atoms with E-state index < -0.39 is 0 Å². The van der Waals surface area contributed by atoms with Crippen molar-refractivity contribution >= 4 is 11.5 Å². The molecule has 0 bridgehead atoms. The molecule has 0 spiro atoms. The van der Waals surface area contributed by atoms with Crippen LogP contribution in [0.1, 0.15) is 16.1 Å². The Labute approximate surface area is 99.8 Å². The third kappa shape index (κ3) is 2.84. The van der Waals surface area contributed by atoms with Crippen LogP contribution in [0.3, 0.4) is 0 Å². The predicted octanol–water partition coefficient (Wildman–Crippen LogP) is 3.40. The molecule has 1 aromatic heterocycles. The van der Waals surface area contributed by atoms with Crippen LogP contribution in [0.2, 0.25) is 0 Å². The Morgan fingerprint density at radius 3 is 2.76 bits per heavy atom. The lowest BCUT2D eigenvalue weighted by Crippen LogP contribution is -1.95. The van der Waals surface area contributed by atoms with Crippen molar-refractivity contribution < 1.29 is 9.21 Å². The summed E-state index contributed by atoms with van der Waals surface area (Å²) in [5.74, 6) is 0.184. The molecule has 1 heterocycles. The molecule has 0 aliphatic carbocycles. The Morgan fingerprint density at radius 2 is 2.06 bits per heavy atom. The maximum absolute atomic E-state index is 11.6. The summed E-state index contributed by atoms with van der Waals surface area (Å²) in [5, 5.41) is 3.06. The Morgan fingerprint density at radius 1 is 1.24 bits per heavy atom. The second-order valence-corrected chi connectivity index (χ2v) is 3.63. The van der Waals surface area contributed by atoms with Crippen molar-refractivity contribution in [2.75, 3.05) is 5.32 Å². The lowest BCUT2D eigenvalue weighted by Gasteiger charge is -2.03. The van der Waals surface area contributed by atoms with Gasteiger partial charge in [0.05, 0.1) is 6.26 Å². The number of allylic oxidation sites excluding steroid dienone is 1. The van der Waals surface area contributed by atoms with Crippen molar-refractivity contribution in [3.8, 4) is 0 Å². The fourth-order valence-corrected chi connectivity index (χ4v) is 1.44. The van der Waals surface area contributed by atoms with Crippen molar-refractivity contribution in [2.24, 2.45) is 0 Å². The van der Waals surface area contributed by atoms with Crippen LogP contribution < -0.4 is 5.32 Å². The summed E-state index contributed by atoms with van der Waals surface area (Å²) in [6, 6.07) is 11.2. The third-order valence-electron chi connectivity index (χ3n) is 2.38. The van der Waals surface area contributed by atoms with Gasteiger partial charge in [0.25, 0.3) is 0 Å². The van der Waals surface area contributed by atoms with Gasteiger partial charge in [-0.15, -0.1) is 0 Å². The molecule has 1 aromatic carbocycles. The minimum absolute atomic E-state index is 0.156. The van der Waals surface area contributed by atoms with Gasteiger partial charge in [0.1, 0.15) is 0 Å². The first-order valence-electron chi connectivity index (χ1n) is 5.34. The number of anilines is 1. The standard InChI is InChI=1S/C14H13NO2/c1-11-5-2-3-6-12(11)15-9-8-13(16)14-7-4-10-17-14/h2-10,15H,1H3/b9-8+. The Hall–Kier alpha value is -2.29. The van der Waals surface area contributed by atoms with Crippen LogP contribution in [0.15, 0.2) is 59.4 Å². The predicted molar refractivity (Wildman–Crippen MR) is 67.0 cm³/mol. The van der Waals surface area contributed by atoms with Crippen molar-refractivity contribution in [3.05, 3.63) is 66.3 Å². The minimum Gasteiger partial charge on any atom is -0.461 e. The van der Waals surface area contributed by atoms with Gasteiger partial charge in [0.2, 0.25) is 5.78 Å². The van der Waals surface area contributed by atoms with Crippen LogP contribution in [-0.4, -0.2) is 5.78 Å². The summed E-state index contributed by atoms with van der Waals surface area (Å²) in [4.78, 5) is 11.6. The zero-order valence-corrected chi connectivity index (χ0v) is 9.51. The molecule has 0 amide bonds. The van der Waals surface area contributed by atoms with Gasteiger partial charge in [-0.3, -0.25) is 4.79 Å². The van der Waals surface area contributed by atoms with E-state index in [1.807, 2.05) is 31.2 Å². The van der Waals surface area contributed by atoms with Gasteiger partial charge in [-0.1, -0.05) is 18.2 Å². The van der Waals surface area contributed by atoms with Crippen molar-refractivity contribution in [2.45, 2.75) is 6.92 Å². The topological polar surface area (TPSA) is 42.2 Å². The second kappa shape index (κ2) is 5.16. The maximum Gasteiger partial charge on any atom is 0.222 e. The molecule has 17 heavy (non-hydrogen) atoms. The van der Waals surface area contributed by atoms with E-state index in [0.717, 1.165) is 11.3 Å². The zero-order valence-electron chi connectivity index (χ0n) is 9.51. The second-order valence-electron chi connectivity index (χ2n) is 3.63. The van der Waals surface area contributed by atoms with E-state index in [1.165, 1.54) is 12.3 Å². The molecule has 2 rings (SSSR count). The normalized spacial score (nSPS) is 10.6. The first kappa shape index (κ1) is 11.2.